The highest BCUT2D eigenvalue weighted by Crippen LogP contribution is 2.34. The van der Waals surface area contributed by atoms with Crippen LogP contribution in [0.3, 0.4) is 0 Å². The summed E-state index contributed by atoms with van der Waals surface area (Å²) >= 11 is 1.88. The van der Waals surface area contributed by atoms with Crippen molar-refractivity contribution in [3.63, 3.8) is 0 Å². The monoisotopic (exact) mass is 335 g/mol. The number of benzene rings is 1. The number of thioether (sulfide) groups is 1. The van der Waals surface area contributed by atoms with E-state index in [0.29, 0.717) is 17.2 Å². The molecule has 0 aliphatic carbocycles. The smallest absolute Gasteiger partial charge is 0.374 e. The largest absolute Gasteiger partial charge is 0.493 e. The fourth-order valence-corrected chi connectivity index (χ4v) is 3.46. The summed E-state index contributed by atoms with van der Waals surface area (Å²) in [6.45, 7) is 0. The molecule has 23 heavy (non-hydrogen) atoms. The Labute approximate surface area is 137 Å². The van der Waals surface area contributed by atoms with Crippen LogP contribution in [0.25, 0.3) is 11.3 Å². The molecule has 3 rings (SSSR count). The Morgan fingerprint density at radius 2 is 2.26 bits per heavy atom. The maximum Gasteiger partial charge on any atom is 0.374 e. The number of hydrogen-bond donors (Lipinski definition) is 1. The predicted molar refractivity (Wildman–Crippen MR) is 86.4 cm³/mol. The topological polar surface area (TPSA) is 81.8 Å². The summed E-state index contributed by atoms with van der Waals surface area (Å²) in [6, 6.07) is 6.78. The lowest BCUT2D eigenvalue weighted by Gasteiger charge is -2.23. The number of methoxy groups -OCH3 is 1. The molecule has 7 heteroatoms. The van der Waals surface area contributed by atoms with Crippen molar-refractivity contribution in [2.75, 3.05) is 18.6 Å². The van der Waals surface area contributed by atoms with E-state index in [9.17, 15) is 4.79 Å². The van der Waals surface area contributed by atoms with Crippen LogP contribution in [0.5, 0.6) is 11.5 Å². The minimum absolute atomic E-state index is 0.157. The Bertz CT molecular complexity index is 694. The van der Waals surface area contributed by atoms with Crippen LogP contribution >= 0.6 is 11.8 Å². The lowest BCUT2D eigenvalue weighted by atomic mass is 10.1. The van der Waals surface area contributed by atoms with Gasteiger partial charge in [0.2, 0.25) is 5.76 Å². The summed E-state index contributed by atoms with van der Waals surface area (Å²) in [4.78, 5) is 10.9. The second-order valence-electron chi connectivity index (χ2n) is 5.20. The maximum atomic E-state index is 10.9. The van der Waals surface area contributed by atoms with Gasteiger partial charge < -0.3 is 19.1 Å². The Morgan fingerprint density at radius 1 is 1.39 bits per heavy atom. The van der Waals surface area contributed by atoms with Crippen molar-refractivity contribution in [2.24, 2.45) is 0 Å². The van der Waals surface area contributed by atoms with Crippen molar-refractivity contribution >= 4 is 17.7 Å². The number of rotatable bonds is 5. The van der Waals surface area contributed by atoms with Gasteiger partial charge in [-0.3, -0.25) is 0 Å². The standard InChI is InChI=1S/C16H17NO5S/c1-20-13-5-4-10(12-8-15(16(18)19)22-17-12)7-14(13)21-11-3-2-6-23-9-11/h4-5,7-8,11H,2-3,6,9H2,1H3,(H,18,19). The minimum Gasteiger partial charge on any atom is -0.493 e. The summed E-state index contributed by atoms with van der Waals surface area (Å²) < 4.78 is 16.2. The molecule has 0 radical (unpaired) electrons. The van der Waals surface area contributed by atoms with Crippen molar-refractivity contribution in [1.29, 1.82) is 0 Å². The quantitative estimate of drug-likeness (QED) is 0.897. The maximum absolute atomic E-state index is 10.9. The molecular formula is C16H17NO5S. The zero-order valence-electron chi connectivity index (χ0n) is 12.7. The van der Waals surface area contributed by atoms with E-state index in [4.69, 9.17) is 19.1 Å². The highest BCUT2D eigenvalue weighted by molar-refractivity contribution is 7.99. The molecule has 1 aliphatic heterocycles. The molecule has 0 spiro atoms. The zero-order valence-corrected chi connectivity index (χ0v) is 13.5. The van der Waals surface area contributed by atoms with Crippen LogP contribution in [0.4, 0.5) is 0 Å². The SMILES string of the molecule is COc1ccc(-c2cc(C(=O)O)on2)cc1OC1CCCSC1. The average Bonchev–Trinajstić information content (AvgIpc) is 3.06. The Morgan fingerprint density at radius 3 is 2.91 bits per heavy atom. The van der Waals surface area contributed by atoms with Crippen molar-refractivity contribution in [1.82, 2.24) is 5.16 Å². The van der Waals surface area contributed by atoms with Gasteiger partial charge in [0.25, 0.3) is 0 Å². The Hall–Kier alpha value is -2.15. The predicted octanol–water partition coefficient (Wildman–Crippen LogP) is 3.32. The van der Waals surface area contributed by atoms with Crippen LogP contribution < -0.4 is 9.47 Å². The van der Waals surface area contributed by atoms with E-state index < -0.39 is 5.97 Å². The molecule has 1 atom stereocenters. The molecule has 0 amide bonds. The van der Waals surface area contributed by atoms with E-state index in [0.717, 1.165) is 24.2 Å². The number of carboxylic acids is 1. The van der Waals surface area contributed by atoms with Gasteiger partial charge >= 0.3 is 5.97 Å². The average molecular weight is 335 g/mol. The molecule has 1 fully saturated rings. The third kappa shape index (κ3) is 3.61. The van der Waals surface area contributed by atoms with Crippen LogP contribution in [-0.2, 0) is 0 Å². The highest BCUT2D eigenvalue weighted by Gasteiger charge is 2.19. The zero-order chi connectivity index (χ0) is 16.2. The molecule has 1 aromatic carbocycles. The van der Waals surface area contributed by atoms with Crippen LogP contribution in [0.1, 0.15) is 23.4 Å². The third-order valence-corrected chi connectivity index (χ3v) is 4.78. The number of ether oxygens (including phenoxy) is 2. The number of carboxylic acid groups (broad SMARTS) is 1. The molecule has 2 aromatic rings. The van der Waals surface area contributed by atoms with Gasteiger partial charge in [-0.1, -0.05) is 5.16 Å². The van der Waals surface area contributed by atoms with E-state index >= 15 is 0 Å². The van der Waals surface area contributed by atoms with Gasteiger partial charge in [0.05, 0.1) is 7.11 Å². The van der Waals surface area contributed by atoms with Crippen molar-refractivity contribution in [3.8, 4) is 22.8 Å². The van der Waals surface area contributed by atoms with E-state index in [2.05, 4.69) is 5.16 Å². The van der Waals surface area contributed by atoms with Crippen molar-refractivity contribution < 1.29 is 23.9 Å². The molecule has 1 aromatic heterocycles. The highest BCUT2D eigenvalue weighted by atomic mass is 32.2. The number of aromatic carboxylic acids is 1. The summed E-state index contributed by atoms with van der Waals surface area (Å²) in [5, 5.41) is 12.7. The molecule has 122 valence electrons. The number of carbonyl (C=O) groups is 1. The molecular weight excluding hydrogens is 318 g/mol. The second-order valence-corrected chi connectivity index (χ2v) is 6.35. The minimum atomic E-state index is -1.15. The van der Waals surface area contributed by atoms with Crippen LogP contribution in [0.2, 0.25) is 0 Å². The van der Waals surface area contributed by atoms with Gasteiger partial charge in [-0.05, 0) is 36.8 Å². The normalized spacial score (nSPS) is 17.7. The number of aromatic nitrogens is 1. The van der Waals surface area contributed by atoms with Gasteiger partial charge in [-0.2, -0.15) is 11.8 Å². The number of hydrogen-bond acceptors (Lipinski definition) is 6. The lowest BCUT2D eigenvalue weighted by Crippen LogP contribution is -2.23. The Balaban J connectivity index is 1.86. The molecule has 2 heterocycles. The lowest BCUT2D eigenvalue weighted by molar-refractivity contribution is 0.0652. The van der Waals surface area contributed by atoms with Crippen molar-refractivity contribution in [3.05, 3.63) is 30.0 Å². The van der Waals surface area contributed by atoms with E-state index in [-0.39, 0.29) is 11.9 Å². The van der Waals surface area contributed by atoms with Gasteiger partial charge in [0, 0.05) is 17.4 Å². The second kappa shape index (κ2) is 6.95. The van der Waals surface area contributed by atoms with Crippen LogP contribution in [-0.4, -0.2) is 41.0 Å². The van der Waals surface area contributed by atoms with Crippen LogP contribution in [0.15, 0.2) is 28.8 Å². The Kier molecular flexibility index (Phi) is 4.76. The third-order valence-electron chi connectivity index (χ3n) is 3.59. The molecule has 1 aliphatic rings. The summed E-state index contributed by atoms with van der Waals surface area (Å²) in [6.07, 6.45) is 2.32. The van der Waals surface area contributed by atoms with Gasteiger partial charge in [-0.25, -0.2) is 4.79 Å². The van der Waals surface area contributed by atoms with Crippen molar-refractivity contribution in [2.45, 2.75) is 18.9 Å². The molecule has 6 nitrogen and oxygen atoms in total. The number of nitrogens with zero attached hydrogens (tertiary/aromatic N) is 1. The molecule has 0 bridgehead atoms. The van der Waals surface area contributed by atoms with Crippen LogP contribution in [0, 0.1) is 0 Å². The molecule has 0 saturated carbocycles. The first-order chi connectivity index (χ1) is 11.2. The first-order valence-electron chi connectivity index (χ1n) is 7.30. The van der Waals surface area contributed by atoms with E-state index in [1.165, 1.54) is 11.8 Å². The first-order valence-corrected chi connectivity index (χ1v) is 8.45. The van der Waals surface area contributed by atoms with E-state index in [1.807, 2.05) is 17.8 Å². The fourth-order valence-electron chi connectivity index (χ4n) is 2.42. The summed E-state index contributed by atoms with van der Waals surface area (Å²) in [5.74, 6) is 2.08. The first kappa shape index (κ1) is 15.7. The summed E-state index contributed by atoms with van der Waals surface area (Å²) in [7, 11) is 1.59. The van der Waals surface area contributed by atoms with Gasteiger partial charge in [0.1, 0.15) is 11.8 Å². The fraction of sp³-hybridized carbons (Fsp3) is 0.375. The molecule has 1 N–H and O–H groups in total. The summed E-state index contributed by atoms with van der Waals surface area (Å²) in [5.41, 5.74) is 1.17. The molecule has 1 saturated heterocycles. The van der Waals surface area contributed by atoms with E-state index in [1.54, 1.807) is 19.2 Å². The van der Waals surface area contributed by atoms with Gasteiger partial charge in [-0.15, -0.1) is 0 Å². The van der Waals surface area contributed by atoms with Gasteiger partial charge in [0.15, 0.2) is 11.5 Å². The molecule has 1 unspecified atom stereocenters.